The summed E-state index contributed by atoms with van der Waals surface area (Å²) in [6.07, 6.45) is 8.72. The molecule has 10 nitrogen and oxygen atoms in total. The maximum Gasteiger partial charge on any atom is 0.343 e. The van der Waals surface area contributed by atoms with E-state index in [1.807, 2.05) is 26.0 Å². The molecule has 3 aromatic rings. The van der Waals surface area contributed by atoms with Crippen LogP contribution in [0.1, 0.15) is 118 Å². The van der Waals surface area contributed by atoms with E-state index in [0.29, 0.717) is 42.2 Å². The van der Waals surface area contributed by atoms with E-state index in [-0.39, 0.29) is 19.2 Å². The van der Waals surface area contributed by atoms with Gasteiger partial charge in [-0.2, -0.15) is 0 Å². The molecule has 1 saturated heterocycles. The third-order valence-electron chi connectivity index (χ3n) is 10.2. The van der Waals surface area contributed by atoms with Crippen LogP contribution < -0.4 is 4.74 Å². The topological polar surface area (TPSA) is 124 Å². The van der Waals surface area contributed by atoms with E-state index in [1.165, 1.54) is 43.7 Å². The minimum atomic E-state index is -1.26. The summed E-state index contributed by atoms with van der Waals surface area (Å²) in [5, 5.41) is 0. The largest absolute Gasteiger partial charge is 0.464 e. The van der Waals surface area contributed by atoms with Gasteiger partial charge in [0.05, 0.1) is 25.4 Å². The molecule has 294 valence electrons. The molecule has 1 heterocycles. The highest BCUT2D eigenvalue weighted by Crippen LogP contribution is 2.38. The van der Waals surface area contributed by atoms with Crippen LogP contribution in [0, 0.1) is 5.92 Å². The maximum absolute atomic E-state index is 13.0. The zero-order valence-corrected chi connectivity index (χ0v) is 32.1. The van der Waals surface area contributed by atoms with Crippen molar-refractivity contribution in [3.05, 3.63) is 102 Å². The Balaban J connectivity index is 1.10. The first kappa shape index (κ1) is 41.4. The van der Waals surface area contributed by atoms with Crippen LogP contribution in [0.5, 0.6) is 5.75 Å². The van der Waals surface area contributed by atoms with Crippen LogP contribution >= 0.6 is 0 Å². The van der Waals surface area contributed by atoms with Gasteiger partial charge in [-0.1, -0.05) is 88.2 Å². The first-order valence-corrected chi connectivity index (χ1v) is 19.8. The van der Waals surface area contributed by atoms with E-state index in [1.54, 1.807) is 36.4 Å². The maximum atomic E-state index is 13.0. The zero-order valence-electron chi connectivity index (χ0n) is 32.1. The molecular weight excluding hydrogens is 700 g/mol. The third-order valence-corrected chi connectivity index (χ3v) is 10.2. The highest BCUT2D eigenvalue weighted by Gasteiger charge is 2.47. The van der Waals surface area contributed by atoms with Crippen molar-refractivity contribution in [2.24, 2.45) is 5.92 Å². The second-order valence-corrected chi connectivity index (χ2v) is 14.2. The molecule has 0 amide bonds. The first-order valence-electron chi connectivity index (χ1n) is 19.8. The summed E-state index contributed by atoms with van der Waals surface area (Å²) in [4.78, 5) is 49.8. The summed E-state index contributed by atoms with van der Waals surface area (Å²) >= 11 is 0. The lowest BCUT2D eigenvalue weighted by Crippen LogP contribution is -2.39. The van der Waals surface area contributed by atoms with E-state index < -0.39 is 36.4 Å². The van der Waals surface area contributed by atoms with Crippen LogP contribution in [0.4, 0.5) is 0 Å². The van der Waals surface area contributed by atoms with Gasteiger partial charge in [-0.25, -0.2) is 19.2 Å². The normalized spacial score (nSPS) is 19.7. The van der Waals surface area contributed by atoms with Gasteiger partial charge in [0, 0.05) is 11.6 Å². The molecule has 1 aliphatic carbocycles. The predicted octanol–water partition coefficient (Wildman–Crippen LogP) is 9.22. The van der Waals surface area contributed by atoms with Gasteiger partial charge in [0.25, 0.3) is 0 Å². The Kier molecular flexibility index (Phi) is 16.0. The van der Waals surface area contributed by atoms with Gasteiger partial charge in [0.1, 0.15) is 5.75 Å². The highest BCUT2D eigenvalue weighted by molar-refractivity contribution is 5.91. The summed E-state index contributed by atoms with van der Waals surface area (Å²) in [6, 6.07) is 22.6. The smallest absolute Gasteiger partial charge is 0.343 e. The SMILES string of the molecule is C=CC(=O)OCCCC[C@H]1CC[C@H](c2ccc(-c3ccc(C(=O)Oc4ccc(C5O[C@@H](C(=O)OCCCC)[C@H](C(=O)OCCCC)O5)cc4)cc3)cc2)CC1. The van der Waals surface area contributed by atoms with Crippen molar-refractivity contribution in [3.63, 3.8) is 0 Å². The van der Waals surface area contributed by atoms with Gasteiger partial charge in [0.15, 0.2) is 18.5 Å². The Hall–Kier alpha value is -4.80. The lowest BCUT2D eigenvalue weighted by Gasteiger charge is -2.29. The van der Waals surface area contributed by atoms with Gasteiger partial charge >= 0.3 is 23.9 Å². The molecule has 1 aliphatic heterocycles. The Labute approximate surface area is 324 Å². The summed E-state index contributed by atoms with van der Waals surface area (Å²) in [5.41, 5.74) is 4.40. The number of esters is 4. The first-order chi connectivity index (χ1) is 26.8. The fraction of sp³-hybridized carbons (Fsp3) is 0.467. The summed E-state index contributed by atoms with van der Waals surface area (Å²) < 4.78 is 33.1. The molecule has 2 atom stereocenters. The molecule has 3 aromatic carbocycles. The van der Waals surface area contributed by atoms with Crippen molar-refractivity contribution in [1.82, 2.24) is 0 Å². The van der Waals surface area contributed by atoms with Crippen LogP contribution in [0.2, 0.25) is 0 Å². The van der Waals surface area contributed by atoms with Crippen LogP contribution in [-0.4, -0.2) is 55.9 Å². The van der Waals surface area contributed by atoms with Gasteiger partial charge in [-0.05, 0) is 104 Å². The Morgan fingerprint density at radius 2 is 1.18 bits per heavy atom. The Bertz CT molecular complexity index is 1660. The Morgan fingerprint density at radius 1 is 0.655 bits per heavy atom. The molecule has 0 radical (unpaired) electrons. The average Bonchev–Trinajstić information content (AvgIpc) is 3.67. The number of unbranched alkanes of at least 4 members (excludes halogenated alkanes) is 3. The third kappa shape index (κ3) is 12.1. The quantitative estimate of drug-likeness (QED) is 0.0385. The van der Waals surface area contributed by atoms with E-state index in [0.717, 1.165) is 42.7 Å². The van der Waals surface area contributed by atoms with Crippen molar-refractivity contribution >= 4 is 23.9 Å². The molecule has 2 aliphatic rings. The molecule has 0 spiro atoms. The second-order valence-electron chi connectivity index (χ2n) is 14.2. The van der Waals surface area contributed by atoms with Crippen molar-refractivity contribution in [2.75, 3.05) is 19.8 Å². The van der Waals surface area contributed by atoms with Crippen LogP contribution in [0.25, 0.3) is 11.1 Å². The molecule has 0 N–H and O–H groups in total. The number of hydrogen-bond donors (Lipinski definition) is 0. The zero-order chi connectivity index (χ0) is 39.0. The molecule has 0 bridgehead atoms. The van der Waals surface area contributed by atoms with Crippen molar-refractivity contribution in [3.8, 4) is 16.9 Å². The highest BCUT2D eigenvalue weighted by atomic mass is 16.8. The molecule has 2 fully saturated rings. The van der Waals surface area contributed by atoms with Crippen molar-refractivity contribution in [2.45, 2.75) is 109 Å². The van der Waals surface area contributed by atoms with Gasteiger partial charge in [0.2, 0.25) is 0 Å². The number of carbonyl (C=O) groups is 4. The van der Waals surface area contributed by atoms with Gasteiger partial charge in [-0.15, -0.1) is 0 Å². The molecule has 55 heavy (non-hydrogen) atoms. The minimum absolute atomic E-state index is 0.220. The molecule has 1 saturated carbocycles. The number of benzene rings is 3. The lowest BCUT2D eigenvalue weighted by atomic mass is 9.77. The van der Waals surface area contributed by atoms with Crippen molar-refractivity contribution < 1.29 is 47.6 Å². The lowest BCUT2D eigenvalue weighted by molar-refractivity contribution is -0.163. The van der Waals surface area contributed by atoms with Crippen LogP contribution in [-0.2, 0) is 38.1 Å². The van der Waals surface area contributed by atoms with Gasteiger partial charge in [-0.3, -0.25) is 0 Å². The van der Waals surface area contributed by atoms with Crippen molar-refractivity contribution in [1.29, 1.82) is 0 Å². The van der Waals surface area contributed by atoms with E-state index >= 15 is 0 Å². The standard InChI is InChI=1S/C45H54O10/c1-4-7-28-51-43(48)40-41(44(49)52-29-8-5-2)55-45(54-40)37-24-26-38(27-25-37)53-42(47)36-22-20-35(21-23-36)34-18-16-33(17-19-34)32-14-12-31(13-15-32)11-9-10-30-50-39(46)6-3/h6,16-27,31-32,40-41,45H,3-5,7-15,28-30H2,1-2H3/t31-,32-,40-,41-/m1/s1. The van der Waals surface area contributed by atoms with E-state index in [9.17, 15) is 19.2 Å². The molecule has 5 rings (SSSR count). The van der Waals surface area contributed by atoms with Gasteiger partial charge < -0.3 is 28.4 Å². The summed E-state index contributed by atoms with van der Waals surface area (Å²) in [5.74, 6) is -0.582. The number of rotatable bonds is 19. The molecule has 0 aromatic heterocycles. The number of hydrogen-bond acceptors (Lipinski definition) is 10. The predicted molar refractivity (Wildman–Crippen MR) is 207 cm³/mol. The molecular formula is C45H54O10. The second kappa shape index (κ2) is 21.3. The van der Waals surface area contributed by atoms with Crippen LogP contribution in [0.3, 0.4) is 0 Å². The fourth-order valence-electron chi connectivity index (χ4n) is 6.91. The Morgan fingerprint density at radius 3 is 1.73 bits per heavy atom. The monoisotopic (exact) mass is 754 g/mol. The van der Waals surface area contributed by atoms with E-state index in [4.69, 9.17) is 28.4 Å². The van der Waals surface area contributed by atoms with Crippen LogP contribution in [0.15, 0.2) is 85.5 Å². The summed E-state index contributed by atoms with van der Waals surface area (Å²) in [7, 11) is 0. The minimum Gasteiger partial charge on any atom is -0.464 e. The fourth-order valence-corrected chi connectivity index (χ4v) is 6.91. The number of carbonyl (C=O) groups excluding carboxylic acids is 4. The molecule has 10 heteroatoms. The number of ether oxygens (including phenoxy) is 6. The molecule has 0 unspecified atom stereocenters. The van der Waals surface area contributed by atoms with E-state index in [2.05, 4.69) is 30.8 Å². The summed E-state index contributed by atoms with van der Waals surface area (Å²) in [6.45, 7) is 8.30. The average molecular weight is 755 g/mol.